The molecule has 0 spiro atoms. The van der Waals surface area contributed by atoms with Crippen molar-refractivity contribution in [2.75, 3.05) is 13.7 Å². The van der Waals surface area contributed by atoms with E-state index in [1.807, 2.05) is 0 Å². The molecule has 0 saturated carbocycles. The number of hydrogen-bond acceptors (Lipinski definition) is 5. The average molecular weight is 461 g/mol. The Kier molecular flexibility index (Phi) is 6.99. The molecule has 7 nitrogen and oxygen atoms in total. The number of carbonyl (C=O) groups is 3. The fourth-order valence-electron chi connectivity index (χ4n) is 2.84. The second kappa shape index (κ2) is 9.68. The molecule has 1 fully saturated rings. The molecule has 2 aromatic carbocycles. The number of methoxy groups -OCH3 is 1. The van der Waals surface area contributed by atoms with Gasteiger partial charge in [0.05, 0.1) is 7.11 Å². The summed E-state index contributed by atoms with van der Waals surface area (Å²) in [5.74, 6) is -0.641. The monoisotopic (exact) mass is 460 g/mol. The van der Waals surface area contributed by atoms with Gasteiger partial charge in [-0.2, -0.15) is 0 Å². The molecule has 0 unspecified atom stereocenters. The smallest absolute Gasteiger partial charge is 0.331 e. The lowest BCUT2D eigenvalue weighted by Crippen LogP contribution is -2.54. The normalized spacial score (nSPS) is 15.1. The second-order valence-corrected chi connectivity index (χ2v) is 7.30. The number of halogens is 2. The number of urea groups is 1. The summed E-state index contributed by atoms with van der Waals surface area (Å²) in [7, 11) is 1.47. The molecule has 160 valence electrons. The Morgan fingerprint density at radius 2 is 1.87 bits per heavy atom. The number of benzene rings is 2. The molecular formula is C22H18Cl2N2O5. The molecule has 4 amide bonds. The Balaban J connectivity index is 1.83. The van der Waals surface area contributed by atoms with E-state index >= 15 is 0 Å². The van der Waals surface area contributed by atoms with Gasteiger partial charge in [-0.3, -0.25) is 19.8 Å². The number of carbonyl (C=O) groups excluding carboxylic acids is 3. The van der Waals surface area contributed by atoms with Gasteiger partial charge < -0.3 is 9.47 Å². The molecule has 1 aliphatic rings. The van der Waals surface area contributed by atoms with Crippen LogP contribution in [-0.2, 0) is 16.2 Å². The Hall–Kier alpha value is -3.29. The molecule has 1 saturated heterocycles. The molecule has 3 rings (SSSR count). The molecule has 9 heteroatoms. The highest BCUT2D eigenvalue weighted by atomic mass is 35.5. The average Bonchev–Trinajstić information content (AvgIpc) is 2.74. The van der Waals surface area contributed by atoms with Crippen molar-refractivity contribution < 1.29 is 23.9 Å². The molecular weight excluding hydrogens is 443 g/mol. The zero-order chi connectivity index (χ0) is 22.5. The number of nitrogens with one attached hydrogen (secondary N) is 1. The molecule has 0 atom stereocenters. The van der Waals surface area contributed by atoms with Gasteiger partial charge in [-0.15, -0.1) is 6.58 Å². The fourth-order valence-corrected chi connectivity index (χ4v) is 3.31. The lowest BCUT2D eigenvalue weighted by molar-refractivity contribution is -0.129. The Bertz CT molecular complexity index is 1100. The molecule has 0 aliphatic carbocycles. The van der Waals surface area contributed by atoms with E-state index < -0.39 is 17.8 Å². The maximum absolute atomic E-state index is 12.5. The maximum atomic E-state index is 12.5. The Labute approximate surface area is 188 Å². The number of ether oxygens (including phenoxy) is 2. The molecule has 2 aromatic rings. The van der Waals surface area contributed by atoms with Crippen molar-refractivity contribution in [2.45, 2.75) is 6.61 Å². The summed E-state index contributed by atoms with van der Waals surface area (Å²) >= 11 is 12.1. The number of rotatable bonds is 7. The molecule has 1 heterocycles. The summed E-state index contributed by atoms with van der Waals surface area (Å²) in [6.07, 6.45) is 2.77. The van der Waals surface area contributed by atoms with Crippen molar-refractivity contribution in [1.29, 1.82) is 0 Å². The summed E-state index contributed by atoms with van der Waals surface area (Å²) in [6, 6.07) is 9.23. The van der Waals surface area contributed by atoms with Crippen LogP contribution in [0, 0.1) is 0 Å². The Morgan fingerprint density at radius 3 is 2.55 bits per heavy atom. The van der Waals surface area contributed by atoms with Gasteiger partial charge in [0, 0.05) is 22.2 Å². The van der Waals surface area contributed by atoms with Crippen LogP contribution in [0.4, 0.5) is 4.79 Å². The highest BCUT2D eigenvalue weighted by Gasteiger charge is 2.34. The highest BCUT2D eigenvalue weighted by Crippen LogP contribution is 2.31. The van der Waals surface area contributed by atoms with Crippen LogP contribution in [0.5, 0.6) is 11.5 Å². The third-order valence-corrected chi connectivity index (χ3v) is 4.98. The van der Waals surface area contributed by atoms with Crippen LogP contribution < -0.4 is 14.8 Å². The zero-order valence-corrected chi connectivity index (χ0v) is 18.0. The second-order valence-electron chi connectivity index (χ2n) is 6.46. The van der Waals surface area contributed by atoms with Gasteiger partial charge in [-0.1, -0.05) is 41.4 Å². The van der Waals surface area contributed by atoms with Gasteiger partial charge in [-0.25, -0.2) is 4.79 Å². The van der Waals surface area contributed by atoms with Crippen molar-refractivity contribution in [1.82, 2.24) is 10.2 Å². The third kappa shape index (κ3) is 5.07. The number of barbiturate groups is 1. The van der Waals surface area contributed by atoms with E-state index in [4.69, 9.17) is 32.7 Å². The van der Waals surface area contributed by atoms with Crippen molar-refractivity contribution in [3.8, 4) is 11.5 Å². The van der Waals surface area contributed by atoms with Gasteiger partial charge in [0.25, 0.3) is 11.8 Å². The number of nitrogens with zero attached hydrogens (tertiary/aromatic N) is 1. The lowest BCUT2D eigenvalue weighted by atomic mass is 10.1. The predicted octanol–water partition coefficient (Wildman–Crippen LogP) is 4.23. The van der Waals surface area contributed by atoms with Crippen molar-refractivity contribution in [3.05, 3.63) is 75.8 Å². The number of imide groups is 2. The molecule has 0 radical (unpaired) electrons. The van der Waals surface area contributed by atoms with Crippen molar-refractivity contribution in [2.24, 2.45) is 0 Å². The minimum absolute atomic E-state index is 0.0152. The topological polar surface area (TPSA) is 84.9 Å². The molecule has 1 aliphatic heterocycles. The quantitative estimate of drug-likeness (QED) is 0.379. The zero-order valence-electron chi connectivity index (χ0n) is 16.5. The first-order chi connectivity index (χ1) is 14.8. The number of amides is 4. The van der Waals surface area contributed by atoms with E-state index in [2.05, 4.69) is 11.9 Å². The standard InChI is InChI=1S/C22H18Cl2N2O5/c1-3-8-26-21(28)16(20(27)25-22(26)29)9-13-4-7-18(19(10-13)30-2)31-12-14-5-6-15(23)11-17(14)24/h3-7,9-11H,1,8,12H2,2H3,(H,25,27,29). The SMILES string of the molecule is C=CCN1C(=O)NC(=O)C(=Cc2ccc(OCc3ccc(Cl)cc3Cl)c(OC)c2)C1=O. The molecule has 1 N–H and O–H groups in total. The summed E-state index contributed by atoms with van der Waals surface area (Å²) in [6.45, 7) is 3.68. The van der Waals surface area contributed by atoms with E-state index in [1.165, 1.54) is 19.3 Å². The van der Waals surface area contributed by atoms with E-state index in [0.29, 0.717) is 27.1 Å². The van der Waals surface area contributed by atoms with E-state index in [0.717, 1.165) is 10.5 Å². The molecule has 31 heavy (non-hydrogen) atoms. The minimum atomic E-state index is -0.783. The minimum Gasteiger partial charge on any atom is -0.493 e. The highest BCUT2D eigenvalue weighted by molar-refractivity contribution is 6.35. The van der Waals surface area contributed by atoms with Gasteiger partial charge in [0.2, 0.25) is 0 Å². The lowest BCUT2D eigenvalue weighted by Gasteiger charge is -2.25. The van der Waals surface area contributed by atoms with E-state index in [-0.39, 0.29) is 18.7 Å². The van der Waals surface area contributed by atoms with E-state index in [9.17, 15) is 14.4 Å². The van der Waals surface area contributed by atoms with Gasteiger partial charge in [-0.05, 0) is 35.9 Å². The first-order valence-electron chi connectivity index (χ1n) is 9.08. The third-order valence-electron chi connectivity index (χ3n) is 4.39. The van der Waals surface area contributed by atoms with Crippen LogP contribution >= 0.6 is 23.2 Å². The van der Waals surface area contributed by atoms with Crippen molar-refractivity contribution in [3.63, 3.8) is 0 Å². The molecule has 0 bridgehead atoms. The van der Waals surface area contributed by atoms with E-state index in [1.54, 1.807) is 36.4 Å². The van der Waals surface area contributed by atoms with Crippen LogP contribution in [0.1, 0.15) is 11.1 Å². The first-order valence-corrected chi connectivity index (χ1v) is 9.84. The fraction of sp³-hybridized carbons (Fsp3) is 0.136. The summed E-state index contributed by atoms with van der Waals surface area (Å²) in [4.78, 5) is 37.4. The predicted molar refractivity (Wildman–Crippen MR) is 117 cm³/mol. The van der Waals surface area contributed by atoms with Crippen LogP contribution in [0.15, 0.2) is 54.6 Å². The van der Waals surface area contributed by atoms with Crippen molar-refractivity contribution >= 4 is 47.1 Å². The first kappa shape index (κ1) is 22.4. The molecule has 0 aromatic heterocycles. The summed E-state index contributed by atoms with van der Waals surface area (Å²) < 4.78 is 11.2. The van der Waals surface area contributed by atoms with Gasteiger partial charge in [0.15, 0.2) is 11.5 Å². The number of hydrogen-bond donors (Lipinski definition) is 1. The van der Waals surface area contributed by atoms with Gasteiger partial charge in [0.1, 0.15) is 12.2 Å². The summed E-state index contributed by atoms with van der Waals surface area (Å²) in [5, 5.41) is 3.14. The van der Waals surface area contributed by atoms with Gasteiger partial charge >= 0.3 is 6.03 Å². The van der Waals surface area contributed by atoms with Crippen LogP contribution in [0.25, 0.3) is 6.08 Å². The summed E-state index contributed by atoms with van der Waals surface area (Å²) in [5.41, 5.74) is 1.08. The van der Waals surface area contributed by atoms with Crippen LogP contribution in [-0.4, -0.2) is 36.4 Å². The van der Waals surface area contributed by atoms with Crippen LogP contribution in [0.2, 0.25) is 10.0 Å². The Morgan fingerprint density at radius 1 is 1.10 bits per heavy atom. The van der Waals surface area contributed by atoms with Crippen LogP contribution in [0.3, 0.4) is 0 Å². The largest absolute Gasteiger partial charge is 0.493 e. The maximum Gasteiger partial charge on any atom is 0.331 e.